The van der Waals surface area contributed by atoms with E-state index >= 15 is 0 Å². The Bertz CT molecular complexity index is 573. The zero-order valence-electron chi connectivity index (χ0n) is 27.4. The van der Waals surface area contributed by atoms with E-state index < -0.39 is 12.1 Å². The minimum Gasteiger partial charge on any atom is -0.147 e. The van der Waals surface area contributed by atoms with Crippen LogP contribution in [0.25, 0.3) is 0 Å². The summed E-state index contributed by atoms with van der Waals surface area (Å²) >= 11 is 1.41. The van der Waals surface area contributed by atoms with E-state index in [9.17, 15) is 9.59 Å². The van der Waals surface area contributed by atoms with E-state index in [-0.39, 0.29) is 31.3 Å². The van der Waals surface area contributed by atoms with Crippen molar-refractivity contribution in [1.82, 2.24) is 9.80 Å². The number of carboxylic acid groups (broad SMARTS) is 1. The molecule has 6 nitrogen and oxygen atoms in total. The first-order valence-electron chi connectivity index (χ1n) is 17.3. The van der Waals surface area contributed by atoms with Crippen molar-refractivity contribution in [3.8, 4) is 0 Å². The number of halogens is 1. The molecule has 0 aliphatic carbocycles. The second kappa shape index (κ2) is 33.2. The summed E-state index contributed by atoms with van der Waals surface area (Å²) < 4.78 is 1.51. The number of carbonyl (C=O) groups is 2. The van der Waals surface area contributed by atoms with Gasteiger partial charge in [0.1, 0.15) is 6.17 Å². The molecule has 0 radical (unpaired) electrons. The van der Waals surface area contributed by atoms with Gasteiger partial charge in [0.2, 0.25) is 0 Å². The first-order valence-corrected chi connectivity index (χ1v) is 18.8. The molecule has 1 saturated heterocycles. The van der Waals surface area contributed by atoms with Gasteiger partial charge in [-0.2, -0.15) is 0 Å². The average molecular weight is 613 g/mol. The Labute approximate surface area is 278 Å². The van der Waals surface area contributed by atoms with Crippen LogP contribution in [0.3, 0.4) is 0 Å². The summed E-state index contributed by atoms with van der Waals surface area (Å²) in [6.07, 6.45) is 28.6. The minimum absolute atomic E-state index is 0. The molecular formula is C33H66ClN2NaO4. The molecule has 41 heavy (non-hydrogen) atoms. The topological polar surface area (TPSA) is 81.1 Å². The zero-order chi connectivity index (χ0) is 29.7. The zero-order valence-corrected chi connectivity index (χ0v) is 30.2. The molecule has 0 amide bonds. The van der Waals surface area contributed by atoms with Crippen LogP contribution < -0.4 is 0 Å². The third-order valence-corrected chi connectivity index (χ3v) is 8.82. The van der Waals surface area contributed by atoms with E-state index in [2.05, 4.69) is 13.8 Å². The number of rotatable bonds is 27. The molecule has 0 aromatic heterocycles. The normalized spacial score (nSPS) is 15.4. The Kier molecular flexibility index (Phi) is 35.2. The smallest absolute Gasteiger partial charge is 0.147 e. The van der Waals surface area contributed by atoms with E-state index in [0.29, 0.717) is 26.1 Å². The van der Waals surface area contributed by atoms with Crippen LogP contribution in [0.2, 0.25) is 3.67 Å². The van der Waals surface area contributed by atoms with Crippen LogP contribution in [-0.2, 0) is 9.59 Å². The molecule has 1 atom stereocenters. The van der Waals surface area contributed by atoms with Gasteiger partial charge in [0, 0.05) is 26.1 Å². The molecule has 0 bridgehead atoms. The Hall–Kier alpha value is 0.310. The number of Topliss-reactive ketones (excluding diaryl/α,β-unsaturated/α-hetero) is 1. The molecule has 2 N–H and O–H groups in total. The van der Waals surface area contributed by atoms with Crippen molar-refractivity contribution in [3.63, 3.8) is 0 Å². The Morgan fingerprint density at radius 1 is 0.659 bits per heavy atom. The van der Waals surface area contributed by atoms with Gasteiger partial charge in [-0.25, -0.2) is 0 Å². The summed E-state index contributed by atoms with van der Waals surface area (Å²) in [6.45, 7) is 6.02. The molecule has 0 spiro atoms. The summed E-state index contributed by atoms with van der Waals surface area (Å²) in [5.74, 6) is -0.818. The van der Waals surface area contributed by atoms with E-state index in [1.165, 1.54) is 154 Å². The predicted octanol–water partition coefficient (Wildman–Crippen LogP) is 8.19. The standard InChI is InChI=1S/C19H36N2O4.C14H29.ClH.Na/c1-2-3-4-5-6-7-8-9-10-11-17(23)19-20(14-15-22)12-13-21(19)16-18(24)25;1-3-5-7-9-11-13-14-12-10-8-6-4-2;;/h19,22H,2-16H2,1H3,(H,24,25);1,3-14H2,2H3;1H;. The van der Waals surface area contributed by atoms with E-state index in [1.807, 2.05) is 4.90 Å². The Morgan fingerprint density at radius 3 is 1.44 bits per heavy atom. The van der Waals surface area contributed by atoms with E-state index in [0.717, 1.165) is 12.8 Å². The third-order valence-electron chi connectivity index (χ3n) is 8.11. The molecule has 1 unspecified atom stereocenters. The fourth-order valence-corrected chi connectivity index (χ4v) is 6.17. The third kappa shape index (κ3) is 26.4. The molecule has 8 heteroatoms. The number of hydrogen-bond donors (Lipinski definition) is 2. The molecule has 0 aromatic rings. The van der Waals surface area contributed by atoms with Crippen molar-refractivity contribution >= 4 is 52.1 Å². The molecular weight excluding hydrogens is 547 g/mol. The van der Waals surface area contributed by atoms with Crippen molar-refractivity contribution in [2.45, 2.75) is 165 Å². The Balaban J connectivity index is 0. The van der Waals surface area contributed by atoms with Gasteiger partial charge < -0.3 is 10.2 Å². The number of carbonyl (C=O) groups excluding carboxylic acids is 1. The van der Waals surface area contributed by atoms with Gasteiger partial charge in [0.25, 0.3) is 0 Å². The van der Waals surface area contributed by atoms with Gasteiger partial charge in [-0.15, -0.1) is 12.4 Å². The number of nitrogens with zero attached hydrogens (tertiary/aromatic N) is 2. The maximum absolute atomic E-state index is 12.6. The first-order chi connectivity index (χ1) is 19.5. The quantitative estimate of drug-likeness (QED) is 0.0719. The molecule has 1 heterocycles. The maximum atomic E-state index is 12.6. The van der Waals surface area contributed by atoms with E-state index in [1.54, 1.807) is 4.90 Å². The summed E-state index contributed by atoms with van der Waals surface area (Å²) in [4.78, 5) is 27.2. The number of hydrogen-bond acceptors (Lipinski definition) is 5. The summed E-state index contributed by atoms with van der Waals surface area (Å²) in [5, 5.41) is 18.2. The number of ketones is 1. The minimum atomic E-state index is -0.910. The van der Waals surface area contributed by atoms with Crippen molar-refractivity contribution in [2.75, 3.05) is 32.8 Å². The molecule has 0 saturated carbocycles. The van der Waals surface area contributed by atoms with Crippen LogP contribution in [0.4, 0.5) is 0 Å². The van der Waals surface area contributed by atoms with Gasteiger partial charge in [0.15, 0.2) is 5.78 Å². The number of aliphatic carboxylic acids is 1. The molecule has 1 rings (SSSR count). The SMILES string of the molecule is CCCCCCCCCCCC(=O)C1N(CCO)CCN1CC(=O)O.CCCCCCCCCCCCC[CH2][Na].Cl. The van der Waals surface area contributed by atoms with Gasteiger partial charge in [0.05, 0.1) is 13.2 Å². The van der Waals surface area contributed by atoms with Crippen LogP contribution in [-0.4, -0.2) is 98.6 Å². The second-order valence-electron chi connectivity index (χ2n) is 11.9. The van der Waals surface area contributed by atoms with Crippen molar-refractivity contribution < 1.29 is 19.8 Å². The maximum Gasteiger partial charge on any atom is -0.147 e. The largest absolute Gasteiger partial charge is 0.147 e. The fraction of sp³-hybridized carbons (Fsp3) is 0.939. The van der Waals surface area contributed by atoms with Crippen LogP contribution in [0.15, 0.2) is 0 Å². The number of carboxylic acids is 1. The number of aliphatic hydroxyl groups excluding tert-OH is 1. The molecule has 1 aliphatic rings. The van der Waals surface area contributed by atoms with Crippen LogP contribution in [0.5, 0.6) is 0 Å². The summed E-state index contributed by atoms with van der Waals surface area (Å²) in [7, 11) is 0. The van der Waals surface area contributed by atoms with Crippen LogP contribution in [0, 0.1) is 0 Å². The summed E-state index contributed by atoms with van der Waals surface area (Å²) in [5.41, 5.74) is 0. The number of unbranched alkanes of at least 4 members (excludes halogenated alkanes) is 19. The van der Waals surface area contributed by atoms with Crippen LogP contribution >= 0.6 is 12.4 Å². The average Bonchev–Trinajstić information content (AvgIpc) is 3.32. The molecule has 1 aliphatic heterocycles. The Morgan fingerprint density at radius 2 is 1.05 bits per heavy atom. The molecule has 1 fully saturated rings. The first kappa shape index (κ1) is 43.4. The fourth-order valence-electron chi connectivity index (χ4n) is 5.67. The summed E-state index contributed by atoms with van der Waals surface area (Å²) in [6, 6.07) is 0. The second-order valence-corrected chi connectivity index (χ2v) is 12.9. The molecule has 0 aromatic carbocycles. The van der Waals surface area contributed by atoms with Gasteiger partial charge in [-0.05, 0) is 6.42 Å². The van der Waals surface area contributed by atoms with Crippen molar-refractivity contribution in [2.24, 2.45) is 0 Å². The van der Waals surface area contributed by atoms with Crippen molar-refractivity contribution in [3.05, 3.63) is 0 Å². The number of aliphatic hydroxyl groups is 1. The van der Waals surface area contributed by atoms with Crippen molar-refractivity contribution in [1.29, 1.82) is 0 Å². The van der Waals surface area contributed by atoms with E-state index in [4.69, 9.17) is 10.2 Å². The van der Waals surface area contributed by atoms with Gasteiger partial charge in [-0.1, -0.05) is 71.6 Å². The predicted molar refractivity (Wildman–Crippen MR) is 177 cm³/mol. The molecule has 240 valence electrons. The van der Waals surface area contributed by atoms with Gasteiger partial charge in [-0.3, -0.25) is 19.4 Å². The van der Waals surface area contributed by atoms with Crippen LogP contribution in [0.1, 0.15) is 155 Å². The van der Waals surface area contributed by atoms with Gasteiger partial charge >= 0.3 is 108 Å². The number of β-amino-alcohol motifs (C(OH)–C–C–N with tert-alkyl or cyclic N) is 1. The monoisotopic (exact) mass is 612 g/mol.